The molecular formula is C12H21N3O4. The third-order valence-corrected chi connectivity index (χ3v) is 2.52. The molecule has 2 unspecified atom stereocenters. The van der Waals surface area contributed by atoms with E-state index >= 15 is 0 Å². The number of nitrogens with one attached hydrogen (secondary N) is 2. The van der Waals surface area contributed by atoms with E-state index in [1.54, 1.807) is 18.2 Å². The van der Waals surface area contributed by atoms with Gasteiger partial charge in [-0.1, -0.05) is 18.2 Å². The van der Waals surface area contributed by atoms with Crippen LogP contribution in [0.25, 0.3) is 0 Å². The molecule has 0 bridgehead atoms. The molecule has 0 spiro atoms. The average molecular weight is 271 g/mol. The topological polar surface area (TPSA) is 117 Å². The Morgan fingerprint density at radius 1 is 1.47 bits per heavy atom. The van der Waals surface area contributed by atoms with Gasteiger partial charge < -0.3 is 31.3 Å². The highest BCUT2D eigenvalue weighted by Crippen LogP contribution is 2.18. The first-order valence-corrected chi connectivity index (χ1v) is 6.15. The number of rotatable bonds is 8. The molecule has 2 amide bonds. The number of hydrogen-bond donors (Lipinski definition) is 5. The zero-order chi connectivity index (χ0) is 14.1. The van der Waals surface area contributed by atoms with Gasteiger partial charge in [0.1, 0.15) is 0 Å². The fraction of sp³-hybridized carbons (Fsp3) is 0.583. The number of primary amides is 1. The number of aliphatic hydroxyl groups is 2. The molecule has 0 aromatic heterocycles. The number of allylic oxidation sites excluding steroid dienone is 2. The summed E-state index contributed by atoms with van der Waals surface area (Å²) in [6.45, 7) is 1.20. The monoisotopic (exact) mass is 271 g/mol. The van der Waals surface area contributed by atoms with Crippen LogP contribution in [-0.4, -0.2) is 54.4 Å². The minimum Gasteiger partial charge on any atom is -0.389 e. The van der Waals surface area contributed by atoms with Crippen LogP contribution in [-0.2, 0) is 4.74 Å². The molecule has 1 aliphatic rings. The molecule has 7 nitrogen and oxygen atoms in total. The van der Waals surface area contributed by atoms with Crippen LogP contribution in [0.5, 0.6) is 0 Å². The van der Waals surface area contributed by atoms with Crippen molar-refractivity contribution in [2.75, 3.05) is 26.2 Å². The molecule has 6 N–H and O–H groups in total. The van der Waals surface area contributed by atoms with Gasteiger partial charge in [0, 0.05) is 26.1 Å². The van der Waals surface area contributed by atoms with Gasteiger partial charge in [0.05, 0.1) is 12.7 Å². The maximum Gasteiger partial charge on any atom is 0.312 e. The number of carbonyl (C=O) groups excluding carboxylic acids is 1. The second kappa shape index (κ2) is 7.90. The Balaban J connectivity index is 2.07. The van der Waals surface area contributed by atoms with E-state index < -0.39 is 17.9 Å². The predicted molar refractivity (Wildman–Crippen MR) is 70.3 cm³/mol. The number of amides is 2. The molecule has 0 radical (unpaired) electrons. The third-order valence-electron chi connectivity index (χ3n) is 2.52. The lowest BCUT2D eigenvalue weighted by Crippen LogP contribution is -2.40. The minimum atomic E-state index is -1.33. The fourth-order valence-electron chi connectivity index (χ4n) is 1.54. The van der Waals surface area contributed by atoms with Gasteiger partial charge in [-0.15, -0.1) is 0 Å². The Kier molecular flexibility index (Phi) is 6.51. The summed E-state index contributed by atoms with van der Waals surface area (Å²) in [5, 5.41) is 24.9. The van der Waals surface area contributed by atoms with Crippen molar-refractivity contribution in [3.8, 4) is 0 Å². The zero-order valence-electron chi connectivity index (χ0n) is 10.7. The molecule has 0 heterocycles. The van der Waals surface area contributed by atoms with E-state index in [1.807, 2.05) is 6.08 Å². The maximum absolute atomic E-state index is 10.4. The van der Waals surface area contributed by atoms with Crippen LogP contribution in [0.1, 0.15) is 6.42 Å². The predicted octanol–water partition coefficient (Wildman–Crippen LogP) is -1.17. The number of hydrogen-bond acceptors (Lipinski definition) is 5. The Bertz CT molecular complexity index is 346. The maximum atomic E-state index is 10.4. The summed E-state index contributed by atoms with van der Waals surface area (Å²) in [5.41, 5.74) is 4.89. The van der Waals surface area contributed by atoms with Gasteiger partial charge in [0.25, 0.3) is 0 Å². The Morgan fingerprint density at radius 2 is 2.26 bits per heavy atom. The molecule has 0 aromatic carbocycles. The van der Waals surface area contributed by atoms with Gasteiger partial charge >= 0.3 is 6.03 Å². The van der Waals surface area contributed by atoms with Crippen molar-refractivity contribution >= 4 is 6.03 Å². The van der Waals surface area contributed by atoms with Crippen LogP contribution < -0.4 is 16.4 Å². The summed E-state index contributed by atoms with van der Waals surface area (Å²) in [6.07, 6.45) is 6.48. The largest absolute Gasteiger partial charge is 0.389 e. The van der Waals surface area contributed by atoms with Crippen LogP contribution in [0, 0.1) is 0 Å². The summed E-state index contributed by atoms with van der Waals surface area (Å²) in [4.78, 5) is 10.4. The van der Waals surface area contributed by atoms with Crippen molar-refractivity contribution < 1.29 is 19.7 Å². The Hall–Kier alpha value is -1.41. The van der Waals surface area contributed by atoms with Gasteiger partial charge in [-0.3, -0.25) is 0 Å². The molecule has 7 heteroatoms. The van der Waals surface area contributed by atoms with E-state index in [2.05, 4.69) is 10.6 Å². The second-order valence-electron chi connectivity index (χ2n) is 4.30. The lowest BCUT2D eigenvalue weighted by Gasteiger charge is -2.26. The van der Waals surface area contributed by atoms with E-state index in [9.17, 15) is 15.0 Å². The first-order valence-electron chi connectivity index (χ1n) is 6.15. The summed E-state index contributed by atoms with van der Waals surface area (Å²) in [6, 6.07) is -0.579. The molecule has 0 aliphatic heterocycles. The number of ether oxygens (including phenoxy) is 1. The van der Waals surface area contributed by atoms with Crippen LogP contribution in [0.3, 0.4) is 0 Å². The van der Waals surface area contributed by atoms with Crippen molar-refractivity contribution in [3.63, 3.8) is 0 Å². The molecule has 19 heavy (non-hydrogen) atoms. The molecule has 2 atom stereocenters. The summed E-state index contributed by atoms with van der Waals surface area (Å²) in [7, 11) is 0. The smallest absolute Gasteiger partial charge is 0.312 e. The number of aliphatic hydroxyl groups excluding tert-OH is 1. The van der Waals surface area contributed by atoms with Gasteiger partial charge in [0.2, 0.25) is 0 Å². The Morgan fingerprint density at radius 3 is 2.89 bits per heavy atom. The van der Waals surface area contributed by atoms with Crippen molar-refractivity contribution in [2.24, 2.45) is 5.73 Å². The standard InChI is InChI=1S/C12H21N3O4/c13-11(17)15-7-6-14-8-10(16)9-19-12(18)4-2-1-3-5-12/h1-4,10,14,16,18H,5-9H2,(H3,13,15,17). The van der Waals surface area contributed by atoms with Crippen LogP contribution in [0.15, 0.2) is 24.3 Å². The summed E-state index contributed by atoms with van der Waals surface area (Å²) in [5.74, 6) is -1.33. The molecule has 0 saturated heterocycles. The highest BCUT2D eigenvalue weighted by atomic mass is 16.6. The summed E-state index contributed by atoms with van der Waals surface area (Å²) >= 11 is 0. The fourth-order valence-corrected chi connectivity index (χ4v) is 1.54. The number of carbonyl (C=O) groups is 1. The van der Waals surface area contributed by atoms with E-state index in [-0.39, 0.29) is 6.61 Å². The summed E-state index contributed by atoms with van der Waals surface area (Å²) < 4.78 is 5.27. The molecule has 108 valence electrons. The van der Waals surface area contributed by atoms with Crippen LogP contribution >= 0.6 is 0 Å². The van der Waals surface area contributed by atoms with Gasteiger partial charge in [-0.05, 0) is 6.08 Å². The van der Waals surface area contributed by atoms with Gasteiger partial charge in [-0.2, -0.15) is 0 Å². The average Bonchev–Trinajstić information content (AvgIpc) is 2.37. The van der Waals surface area contributed by atoms with Crippen LogP contribution in [0.4, 0.5) is 4.79 Å². The Labute approximate surface area is 112 Å². The molecular weight excluding hydrogens is 250 g/mol. The lowest BCUT2D eigenvalue weighted by molar-refractivity contribution is -0.179. The normalized spacial score (nSPS) is 23.3. The van der Waals surface area contributed by atoms with Gasteiger partial charge in [0.15, 0.2) is 5.79 Å². The van der Waals surface area contributed by atoms with E-state index in [0.717, 1.165) is 0 Å². The van der Waals surface area contributed by atoms with E-state index in [1.165, 1.54) is 0 Å². The molecule has 1 rings (SSSR count). The third kappa shape index (κ3) is 6.92. The zero-order valence-corrected chi connectivity index (χ0v) is 10.7. The van der Waals surface area contributed by atoms with E-state index in [0.29, 0.717) is 26.1 Å². The minimum absolute atomic E-state index is 0.0188. The lowest BCUT2D eigenvalue weighted by atomic mass is 10.1. The van der Waals surface area contributed by atoms with E-state index in [4.69, 9.17) is 10.5 Å². The highest BCUT2D eigenvalue weighted by molar-refractivity contribution is 5.71. The number of nitrogens with two attached hydrogens (primary N) is 1. The van der Waals surface area contributed by atoms with Crippen molar-refractivity contribution in [2.45, 2.75) is 18.3 Å². The highest BCUT2D eigenvalue weighted by Gasteiger charge is 2.25. The molecule has 0 aromatic rings. The molecule has 0 saturated carbocycles. The first kappa shape index (κ1) is 15.6. The van der Waals surface area contributed by atoms with Gasteiger partial charge in [-0.25, -0.2) is 4.79 Å². The van der Waals surface area contributed by atoms with Crippen molar-refractivity contribution in [3.05, 3.63) is 24.3 Å². The first-order chi connectivity index (χ1) is 9.02. The van der Waals surface area contributed by atoms with Crippen molar-refractivity contribution in [1.82, 2.24) is 10.6 Å². The van der Waals surface area contributed by atoms with Crippen molar-refractivity contribution in [1.29, 1.82) is 0 Å². The SMILES string of the molecule is NC(=O)NCCNCC(O)COC1(O)C=CC=CC1. The number of urea groups is 1. The molecule has 0 fully saturated rings. The second-order valence-corrected chi connectivity index (χ2v) is 4.30. The van der Waals surface area contributed by atoms with Crippen LogP contribution in [0.2, 0.25) is 0 Å². The quantitative estimate of drug-likeness (QED) is 0.282. The molecule has 1 aliphatic carbocycles.